The molecule has 0 spiro atoms. The van der Waals surface area contributed by atoms with Gasteiger partial charge >= 0.3 is 5.97 Å². The van der Waals surface area contributed by atoms with Crippen molar-refractivity contribution in [3.8, 4) is 5.69 Å². The van der Waals surface area contributed by atoms with Crippen LogP contribution in [-0.2, 0) is 9.59 Å². The van der Waals surface area contributed by atoms with Crippen LogP contribution in [0.15, 0.2) is 65.7 Å². The number of carboxylic acid groups (broad SMARTS) is 1. The molecule has 1 fully saturated rings. The van der Waals surface area contributed by atoms with Crippen LogP contribution >= 0.6 is 11.8 Å². The summed E-state index contributed by atoms with van der Waals surface area (Å²) in [6, 6.07) is 15.3. The molecule has 2 heterocycles. The van der Waals surface area contributed by atoms with Gasteiger partial charge in [0.1, 0.15) is 6.54 Å². The topological polar surface area (TPSA) is 109 Å². The second-order valence-electron chi connectivity index (χ2n) is 7.77. The number of aryl methyl sites for hydroxylation is 2. The minimum absolute atomic E-state index is 0.164. The number of hydrogen-bond donors (Lipinski definition) is 2. The summed E-state index contributed by atoms with van der Waals surface area (Å²) in [6.07, 6.45) is 3.35. The molecule has 0 aliphatic carbocycles. The highest BCUT2D eigenvalue weighted by molar-refractivity contribution is 8.18. The molecule has 3 amide bonds. The number of benzene rings is 2. The summed E-state index contributed by atoms with van der Waals surface area (Å²) in [7, 11) is 0. The molecular formula is C25H21N3O5S. The van der Waals surface area contributed by atoms with Crippen LogP contribution in [-0.4, -0.2) is 44.1 Å². The quantitative estimate of drug-likeness (QED) is 0.510. The fraction of sp³-hybridized carbons (Fsp3) is 0.120. The van der Waals surface area contributed by atoms with Crippen molar-refractivity contribution in [3.05, 3.63) is 88.1 Å². The molecule has 0 saturated carbocycles. The zero-order valence-corrected chi connectivity index (χ0v) is 19.3. The summed E-state index contributed by atoms with van der Waals surface area (Å²) >= 11 is 0.770. The van der Waals surface area contributed by atoms with Gasteiger partial charge in [0.25, 0.3) is 11.1 Å². The number of amides is 3. The minimum Gasteiger partial charge on any atom is -0.478 e. The number of aromatic carboxylic acids is 1. The third kappa shape index (κ3) is 4.79. The maximum atomic E-state index is 12.9. The molecule has 9 heteroatoms. The zero-order chi connectivity index (χ0) is 24.4. The Morgan fingerprint density at radius 2 is 1.76 bits per heavy atom. The monoisotopic (exact) mass is 475 g/mol. The van der Waals surface area contributed by atoms with Gasteiger partial charge in [0, 0.05) is 23.3 Å². The Morgan fingerprint density at radius 3 is 2.44 bits per heavy atom. The van der Waals surface area contributed by atoms with Crippen molar-refractivity contribution in [1.29, 1.82) is 0 Å². The summed E-state index contributed by atoms with van der Waals surface area (Å²) in [6.45, 7) is 3.52. The summed E-state index contributed by atoms with van der Waals surface area (Å²) in [5.41, 5.74) is 4.21. The fourth-order valence-electron chi connectivity index (χ4n) is 3.45. The third-order valence-electron chi connectivity index (χ3n) is 5.42. The molecule has 1 aliphatic heterocycles. The van der Waals surface area contributed by atoms with E-state index in [2.05, 4.69) is 5.32 Å². The lowest BCUT2D eigenvalue weighted by Crippen LogP contribution is -2.36. The van der Waals surface area contributed by atoms with E-state index in [1.54, 1.807) is 47.2 Å². The highest BCUT2D eigenvalue weighted by Gasteiger charge is 2.36. The maximum absolute atomic E-state index is 12.9. The van der Waals surface area contributed by atoms with E-state index in [0.717, 1.165) is 27.8 Å². The highest BCUT2D eigenvalue weighted by Crippen LogP contribution is 2.32. The highest BCUT2D eigenvalue weighted by atomic mass is 32.2. The largest absolute Gasteiger partial charge is 0.478 e. The Labute approximate surface area is 199 Å². The van der Waals surface area contributed by atoms with E-state index in [1.807, 2.05) is 26.0 Å². The predicted octanol–water partition coefficient (Wildman–Crippen LogP) is 4.47. The number of rotatable bonds is 6. The molecule has 0 bridgehead atoms. The number of carbonyl (C=O) groups is 4. The molecule has 8 nitrogen and oxygen atoms in total. The molecule has 1 saturated heterocycles. The lowest BCUT2D eigenvalue weighted by Gasteiger charge is -2.13. The van der Waals surface area contributed by atoms with Gasteiger partial charge in [0.05, 0.1) is 10.5 Å². The van der Waals surface area contributed by atoms with Gasteiger partial charge in [-0.1, -0.05) is 6.07 Å². The number of carbonyl (C=O) groups excluding carboxylic acids is 3. The Hall–Kier alpha value is -4.11. The average molecular weight is 476 g/mol. The number of anilines is 1. The van der Waals surface area contributed by atoms with Crippen molar-refractivity contribution in [1.82, 2.24) is 9.47 Å². The molecule has 0 unspecified atom stereocenters. The molecule has 1 aromatic heterocycles. The Kier molecular flexibility index (Phi) is 6.38. The van der Waals surface area contributed by atoms with E-state index < -0.39 is 23.0 Å². The molecule has 4 rings (SSSR count). The van der Waals surface area contributed by atoms with Gasteiger partial charge in [0.15, 0.2) is 0 Å². The van der Waals surface area contributed by atoms with Gasteiger partial charge in [0.2, 0.25) is 5.91 Å². The van der Waals surface area contributed by atoms with E-state index in [9.17, 15) is 19.2 Å². The van der Waals surface area contributed by atoms with Gasteiger partial charge in [-0.25, -0.2) is 4.79 Å². The lowest BCUT2D eigenvalue weighted by atomic mass is 10.1. The maximum Gasteiger partial charge on any atom is 0.335 e. The fourth-order valence-corrected chi connectivity index (χ4v) is 4.27. The first kappa shape index (κ1) is 23.1. The van der Waals surface area contributed by atoms with Crippen LogP contribution < -0.4 is 5.32 Å². The van der Waals surface area contributed by atoms with Crippen LogP contribution in [0.25, 0.3) is 11.8 Å². The molecule has 0 atom stereocenters. The zero-order valence-electron chi connectivity index (χ0n) is 18.4. The number of hydrogen-bond acceptors (Lipinski definition) is 5. The number of imide groups is 1. The molecule has 0 radical (unpaired) electrons. The number of carboxylic acids is 1. The van der Waals surface area contributed by atoms with Crippen LogP contribution in [0.2, 0.25) is 0 Å². The SMILES string of the molecule is Cc1ccc(NC(=O)CN2C(=O)S/C(=C/c3cccn3-c3ccc(C(=O)O)cc3)C2=O)cc1C. The smallest absolute Gasteiger partial charge is 0.335 e. The second-order valence-corrected chi connectivity index (χ2v) is 8.76. The van der Waals surface area contributed by atoms with Gasteiger partial charge in [-0.05, 0) is 91.3 Å². The first-order valence-corrected chi connectivity index (χ1v) is 11.2. The number of thioether (sulfide) groups is 1. The van der Waals surface area contributed by atoms with Crippen molar-refractivity contribution < 1.29 is 24.3 Å². The van der Waals surface area contributed by atoms with E-state index in [4.69, 9.17) is 5.11 Å². The van der Waals surface area contributed by atoms with Gasteiger partial charge in [-0.3, -0.25) is 19.3 Å². The Bertz CT molecular complexity index is 1340. The number of nitrogens with zero attached hydrogens (tertiary/aromatic N) is 2. The standard InChI is InChI=1S/C25H21N3O5S/c1-15-5-8-18(12-16(15)2)26-22(29)14-28-23(30)21(34-25(28)33)13-20-4-3-11-27(20)19-9-6-17(7-10-19)24(31)32/h3-13H,14H2,1-2H3,(H,26,29)(H,31,32)/b21-13+. The van der Waals surface area contributed by atoms with Crippen molar-refractivity contribution in [2.45, 2.75) is 13.8 Å². The number of aromatic nitrogens is 1. The van der Waals surface area contributed by atoms with E-state index in [0.29, 0.717) is 17.1 Å². The predicted molar refractivity (Wildman–Crippen MR) is 130 cm³/mol. The third-order valence-corrected chi connectivity index (χ3v) is 6.33. The van der Waals surface area contributed by atoms with Crippen LogP contribution in [0.5, 0.6) is 0 Å². The Morgan fingerprint density at radius 1 is 1.03 bits per heavy atom. The molecular weight excluding hydrogens is 454 g/mol. The average Bonchev–Trinajstić information content (AvgIpc) is 3.36. The second kappa shape index (κ2) is 9.40. The summed E-state index contributed by atoms with van der Waals surface area (Å²) < 4.78 is 1.77. The molecule has 34 heavy (non-hydrogen) atoms. The van der Waals surface area contributed by atoms with Gasteiger partial charge < -0.3 is 15.0 Å². The lowest BCUT2D eigenvalue weighted by molar-refractivity contribution is -0.127. The van der Waals surface area contributed by atoms with Crippen LogP contribution in [0, 0.1) is 13.8 Å². The van der Waals surface area contributed by atoms with Crippen molar-refractivity contribution in [2.75, 3.05) is 11.9 Å². The molecule has 1 aliphatic rings. The minimum atomic E-state index is -1.02. The molecule has 2 N–H and O–H groups in total. The van der Waals surface area contributed by atoms with Crippen molar-refractivity contribution >= 4 is 46.5 Å². The summed E-state index contributed by atoms with van der Waals surface area (Å²) in [4.78, 5) is 50.0. The summed E-state index contributed by atoms with van der Waals surface area (Å²) in [5.74, 6) is -2.03. The van der Waals surface area contributed by atoms with Gasteiger partial charge in [-0.2, -0.15) is 0 Å². The number of nitrogens with one attached hydrogen (secondary N) is 1. The first-order chi connectivity index (χ1) is 16.2. The molecule has 3 aromatic rings. The van der Waals surface area contributed by atoms with E-state index >= 15 is 0 Å². The van der Waals surface area contributed by atoms with E-state index in [1.165, 1.54) is 12.1 Å². The molecule has 2 aromatic carbocycles. The van der Waals surface area contributed by atoms with Crippen LogP contribution in [0.1, 0.15) is 27.2 Å². The molecule has 172 valence electrons. The van der Waals surface area contributed by atoms with Crippen LogP contribution in [0.3, 0.4) is 0 Å². The van der Waals surface area contributed by atoms with E-state index in [-0.39, 0.29) is 17.0 Å². The van der Waals surface area contributed by atoms with Crippen LogP contribution in [0.4, 0.5) is 10.5 Å². The Balaban J connectivity index is 1.49. The van der Waals surface area contributed by atoms with Crippen molar-refractivity contribution in [2.24, 2.45) is 0 Å². The van der Waals surface area contributed by atoms with Crippen molar-refractivity contribution in [3.63, 3.8) is 0 Å². The van der Waals surface area contributed by atoms with Gasteiger partial charge in [-0.15, -0.1) is 0 Å². The first-order valence-electron chi connectivity index (χ1n) is 10.4. The summed E-state index contributed by atoms with van der Waals surface area (Å²) in [5, 5.41) is 11.3. The normalized spacial score (nSPS) is 14.6.